The van der Waals surface area contributed by atoms with Crippen molar-refractivity contribution in [3.8, 4) is 0 Å². The van der Waals surface area contributed by atoms with Crippen LogP contribution in [0.25, 0.3) is 5.65 Å². The summed E-state index contributed by atoms with van der Waals surface area (Å²) in [5.41, 5.74) is 5.32. The molecule has 0 amide bonds. The van der Waals surface area contributed by atoms with E-state index in [-0.39, 0.29) is 5.41 Å². The average Bonchev–Trinajstić information content (AvgIpc) is 3.13. The second-order valence-electron chi connectivity index (χ2n) is 9.22. The van der Waals surface area contributed by atoms with Crippen molar-refractivity contribution in [1.82, 2.24) is 14.3 Å². The first kappa shape index (κ1) is 19.1. The number of rotatable bonds is 4. The first-order valence-corrected chi connectivity index (χ1v) is 11.4. The summed E-state index contributed by atoms with van der Waals surface area (Å²) in [4.78, 5) is 7.72. The number of aromatic nitrogens is 2. The second-order valence-corrected chi connectivity index (χ2v) is 9.22. The standard InChI is InChI=1S/C25H33N3O/c1-25(12-6-3-7-13-25)21-10-11-23-26-24(20-8-4-2-5-9-20)22(28(23)18-21)19-27-14-16-29-17-15-27/h3,6-7,10-12,18,20H,2,4-5,8-9,13-17,19H2,1H3. The maximum Gasteiger partial charge on any atom is 0.137 e. The molecule has 0 N–H and O–H groups in total. The minimum atomic E-state index is 0.0639. The predicted octanol–water partition coefficient (Wildman–Crippen LogP) is 4.99. The van der Waals surface area contributed by atoms with Gasteiger partial charge in [-0.2, -0.15) is 0 Å². The van der Waals surface area contributed by atoms with E-state index in [0.29, 0.717) is 5.92 Å². The van der Waals surface area contributed by atoms with E-state index in [1.54, 1.807) is 0 Å². The van der Waals surface area contributed by atoms with Crippen LogP contribution in [0.15, 0.2) is 42.6 Å². The largest absolute Gasteiger partial charge is 0.379 e. The van der Waals surface area contributed by atoms with Crippen LogP contribution in [0.5, 0.6) is 0 Å². The second kappa shape index (κ2) is 8.08. The Hall–Kier alpha value is -1.91. The summed E-state index contributed by atoms with van der Waals surface area (Å²) in [6, 6.07) is 4.52. The third kappa shape index (κ3) is 3.80. The molecule has 0 spiro atoms. The molecule has 2 aliphatic carbocycles. The number of fused-ring (bicyclic) bond motifs is 1. The molecular formula is C25H33N3O. The van der Waals surface area contributed by atoms with Crippen molar-refractivity contribution in [1.29, 1.82) is 0 Å². The van der Waals surface area contributed by atoms with Crippen LogP contribution in [0.2, 0.25) is 0 Å². The molecule has 1 aliphatic heterocycles. The molecule has 154 valence electrons. The first-order valence-electron chi connectivity index (χ1n) is 11.4. The van der Waals surface area contributed by atoms with E-state index in [0.717, 1.165) is 44.9 Å². The fraction of sp³-hybridized carbons (Fsp3) is 0.560. The molecule has 1 atom stereocenters. The van der Waals surface area contributed by atoms with Gasteiger partial charge in [0.15, 0.2) is 0 Å². The molecule has 1 unspecified atom stereocenters. The maximum absolute atomic E-state index is 5.59. The SMILES string of the molecule is CC1(c2ccc3nc(C4CCCCC4)c(CN4CCOCC4)n3c2)C=CC=CC1. The fourth-order valence-electron chi connectivity index (χ4n) is 5.22. The number of morpholine rings is 1. The maximum atomic E-state index is 5.59. The topological polar surface area (TPSA) is 29.8 Å². The Kier molecular flexibility index (Phi) is 5.31. The number of hydrogen-bond donors (Lipinski definition) is 0. The monoisotopic (exact) mass is 391 g/mol. The van der Waals surface area contributed by atoms with Crippen molar-refractivity contribution < 1.29 is 4.74 Å². The van der Waals surface area contributed by atoms with Gasteiger partial charge in [0, 0.05) is 37.2 Å². The summed E-state index contributed by atoms with van der Waals surface area (Å²) in [7, 11) is 0. The van der Waals surface area contributed by atoms with Gasteiger partial charge in [0.05, 0.1) is 24.6 Å². The third-order valence-electron chi connectivity index (χ3n) is 7.13. The van der Waals surface area contributed by atoms with Gasteiger partial charge in [0.25, 0.3) is 0 Å². The lowest BCUT2D eigenvalue weighted by Gasteiger charge is -2.29. The van der Waals surface area contributed by atoms with Crippen LogP contribution in [0.4, 0.5) is 0 Å². The Balaban J connectivity index is 1.56. The number of nitrogens with zero attached hydrogens (tertiary/aromatic N) is 3. The highest BCUT2D eigenvalue weighted by Crippen LogP contribution is 2.37. The smallest absolute Gasteiger partial charge is 0.137 e. The number of pyridine rings is 1. The Morgan fingerprint density at radius 1 is 1.10 bits per heavy atom. The highest BCUT2D eigenvalue weighted by molar-refractivity contribution is 5.48. The van der Waals surface area contributed by atoms with Crippen molar-refractivity contribution in [3.63, 3.8) is 0 Å². The van der Waals surface area contributed by atoms with Crippen LogP contribution in [0.1, 0.15) is 68.3 Å². The Bertz CT molecular complexity index is 916. The molecule has 4 nitrogen and oxygen atoms in total. The van der Waals surface area contributed by atoms with Crippen LogP contribution < -0.4 is 0 Å². The van der Waals surface area contributed by atoms with Gasteiger partial charge in [-0.3, -0.25) is 4.90 Å². The normalized spacial score (nSPS) is 26.4. The summed E-state index contributed by atoms with van der Waals surface area (Å²) < 4.78 is 8.00. The van der Waals surface area contributed by atoms with Crippen LogP contribution >= 0.6 is 0 Å². The van der Waals surface area contributed by atoms with E-state index in [1.165, 1.54) is 49.1 Å². The molecule has 0 bridgehead atoms. The number of allylic oxidation sites excluding steroid dienone is 4. The number of ether oxygens (including phenoxy) is 1. The molecule has 0 radical (unpaired) electrons. The molecule has 0 aromatic carbocycles. The van der Waals surface area contributed by atoms with Crippen LogP contribution in [0, 0.1) is 0 Å². The van der Waals surface area contributed by atoms with Gasteiger partial charge in [-0.25, -0.2) is 4.98 Å². The van der Waals surface area contributed by atoms with Crippen molar-refractivity contribution in [2.45, 2.75) is 63.3 Å². The summed E-state index contributed by atoms with van der Waals surface area (Å²) in [5.74, 6) is 0.622. The van der Waals surface area contributed by atoms with Gasteiger partial charge in [-0.15, -0.1) is 0 Å². The zero-order chi connectivity index (χ0) is 19.7. The summed E-state index contributed by atoms with van der Waals surface area (Å²) in [6.45, 7) is 7.04. The third-order valence-corrected chi connectivity index (χ3v) is 7.13. The fourth-order valence-corrected chi connectivity index (χ4v) is 5.22. The molecule has 3 aliphatic rings. The van der Waals surface area contributed by atoms with Crippen molar-refractivity contribution >= 4 is 5.65 Å². The van der Waals surface area contributed by atoms with Gasteiger partial charge in [-0.05, 0) is 30.9 Å². The quantitative estimate of drug-likeness (QED) is 0.736. The molecule has 29 heavy (non-hydrogen) atoms. The molecule has 1 saturated carbocycles. The van der Waals surface area contributed by atoms with Gasteiger partial charge >= 0.3 is 0 Å². The van der Waals surface area contributed by atoms with Crippen LogP contribution in [-0.4, -0.2) is 40.6 Å². The highest BCUT2D eigenvalue weighted by atomic mass is 16.5. The predicted molar refractivity (Wildman–Crippen MR) is 117 cm³/mol. The lowest BCUT2D eigenvalue weighted by atomic mass is 9.78. The lowest BCUT2D eigenvalue weighted by Crippen LogP contribution is -2.36. The zero-order valence-corrected chi connectivity index (χ0v) is 17.6. The molecule has 2 aromatic heterocycles. The van der Waals surface area contributed by atoms with E-state index in [4.69, 9.17) is 9.72 Å². The van der Waals surface area contributed by atoms with E-state index in [1.807, 2.05) is 0 Å². The van der Waals surface area contributed by atoms with Crippen molar-refractivity contribution in [2.75, 3.05) is 26.3 Å². The minimum absolute atomic E-state index is 0.0639. The Morgan fingerprint density at radius 2 is 1.93 bits per heavy atom. The summed E-state index contributed by atoms with van der Waals surface area (Å²) in [6.07, 6.45) is 19.0. The van der Waals surface area contributed by atoms with E-state index in [9.17, 15) is 0 Å². The molecule has 5 rings (SSSR count). The van der Waals surface area contributed by atoms with Crippen molar-refractivity contribution in [2.24, 2.45) is 0 Å². The van der Waals surface area contributed by atoms with E-state index < -0.39 is 0 Å². The summed E-state index contributed by atoms with van der Waals surface area (Å²) in [5, 5.41) is 0. The number of hydrogen-bond acceptors (Lipinski definition) is 3. The minimum Gasteiger partial charge on any atom is -0.379 e. The average molecular weight is 392 g/mol. The van der Waals surface area contributed by atoms with Gasteiger partial charge < -0.3 is 9.14 Å². The van der Waals surface area contributed by atoms with Crippen LogP contribution in [-0.2, 0) is 16.7 Å². The van der Waals surface area contributed by atoms with Gasteiger partial charge in [0.2, 0.25) is 0 Å². The highest BCUT2D eigenvalue weighted by Gasteiger charge is 2.28. The molecule has 1 saturated heterocycles. The van der Waals surface area contributed by atoms with E-state index in [2.05, 4.69) is 58.9 Å². The first-order chi connectivity index (χ1) is 14.2. The Morgan fingerprint density at radius 3 is 2.69 bits per heavy atom. The molecule has 2 fully saturated rings. The Labute approximate surface area is 174 Å². The number of imidazole rings is 1. The molecular weight excluding hydrogens is 358 g/mol. The molecule has 3 heterocycles. The van der Waals surface area contributed by atoms with E-state index >= 15 is 0 Å². The molecule has 2 aromatic rings. The zero-order valence-electron chi connectivity index (χ0n) is 17.6. The summed E-state index contributed by atoms with van der Waals surface area (Å²) >= 11 is 0. The van der Waals surface area contributed by atoms with Gasteiger partial charge in [-0.1, -0.05) is 56.6 Å². The molecule has 4 heteroatoms. The van der Waals surface area contributed by atoms with Crippen LogP contribution in [0.3, 0.4) is 0 Å². The lowest BCUT2D eigenvalue weighted by molar-refractivity contribution is 0.0333. The van der Waals surface area contributed by atoms with Crippen molar-refractivity contribution in [3.05, 3.63) is 59.6 Å². The van der Waals surface area contributed by atoms with Gasteiger partial charge in [0.1, 0.15) is 5.65 Å².